The maximum absolute atomic E-state index is 12.5. The lowest BCUT2D eigenvalue weighted by molar-refractivity contribution is 0.384. The molecule has 8 heteroatoms. The van der Waals surface area contributed by atoms with Gasteiger partial charge in [-0.15, -0.1) is 0 Å². The van der Waals surface area contributed by atoms with E-state index in [0.717, 1.165) is 0 Å². The Labute approximate surface area is 131 Å². The fraction of sp³-hybridized carbons (Fsp3) is 0.154. The molecule has 0 aliphatic rings. The van der Waals surface area contributed by atoms with Crippen molar-refractivity contribution in [1.82, 2.24) is 4.98 Å². The zero-order valence-electron chi connectivity index (χ0n) is 11.3. The number of methoxy groups -OCH3 is 2. The van der Waals surface area contributed by atoms with E-state index >= 15 is 0 Å². The summed E-state index contributed by atoms with van der Waals surface area (Å²) in [5, 5.41) is 0. The van der Waals surface area contributed by atoms with E-state index in [1.807, 2.05) is 0 Å². The van der Waals surface area contributed by atoms with Crippen LogP contribution in [0.5, 0.6) is 11.5 Å². The molecule has 0 saturated carbocycles. The van der Waals surface area contributed by atoms with Crippen molar-refractivity contribution in [3.05, 3.63) is 41.1 Å². The molecule has 0 amide bonds. The first-order valence-electron chi connectivity index (χ1n) is 5.82. The summed E-state index contributed by atoms with van der Waals surface area (Å²) in [6.07, 6.45) is 2.98. The zero-order valence-corrected chi connectivity index (χ0v) is 13.7. The van der Waals surface area contributed by atoms with E-state index in [9.17, 15) is 8.42 Å². The summed E-state index contributed by atoms with van der Waals surface area (Å²) in [7, 11) is -0.922. The van der Waals surface area contributed by atoms with Gasteiger partial charge in [0.05, 0.1) is 30.6 Å². The van der Waals surface area contributed by atoms with Gasteiger partial charge in [0.2, 0.25) is 0 Å². The number of benzene rings is 1. The molecule has 1 N–H and O–H groups in total. The van der Waals surface area contributed by atoms with Crippen molar-refractivity contribution in [3.63, 3.8) is 0 Å². The van der Waals surface area contributed by atoms with Crippen LogP contribution < -0.4 is 14.2 Å². The van der Waals surface area contributed by atoms with Gasteiger partial charge < -0.3 is 9.47 Å². The molecule has 21 heavy (non-hydrogen) atoms. The average molecular weight is 373 g/mol. The van der Waals surface area contributed by atoms with Crippen LogP contribution in [0, 0.1) is 0 Å². The van der Waals surface area contributed by atoms with E-state index in [4.69, 9.17) is 9.47 Å². The fourth-order valence-electron chi connectivity index (χ4n) is 1.68. The third-order valence-electron chi connectivity index (χ3n) is 2.64. The Morgan fingerprint density at radius 3 is 2.48 bits per heavy atom. The molecule has 2 rings (SSSR count). The van der Waals surface area contributed by atoms with Crippen LogP contribution >= 0.6 is 15.9 Å². The number of halogens is 1. The highest BCUT2D eigenvalue weighted by molar-refractivity contribution is 9.10. The molecule has 0 fully saturated rings. The number of sulfonamides is 1. The number of hydrogen-bond acceptors (Lipinski definition) is 5. The summed E-state index contributed by atoms with van der Waals surface area (Å²) in [6, 6.07) is 6.17. The number of nitrogens with one attached hydrogen (secondary N) is 1. The highest BCUT2D eigenvalue weighted by atomic mass is 79.9. The summed E-state index contributed by atoms with van der Waals surface area (Å²) in [5.74, 6) is 0.665. The van der Waals surface area contributed by atoms with Gasteiger partial charge in [-0.2, -0.15) is 0 Å². The third kappa shape index (κ3) is 3.45. The van der Waals surface area contributed by atoms with Crippen LogP contribution in [0.3, 0.4) is 0 Å². The van der Waals surface area contributed by atoms with Gasteiger partial charge in [-0.25, -0.2) is 8.42 Å². The van der Waals surface area contributed by atoms with Gasteiger partial charge >= 0.3 is 0 Å². The number of aromatic nitrogens is 1. The molecule has 1 aromatic carbocycles. The molecular formula is C13H13BrN2O4S. The first kappa shape index (κ1) is 15.6. The van der Waals surface area contributed by atoms with Crippen LogP contribution in [-0.4, -0.2) is 27.6 Å². The molecule has 0 spiro atoms. The molecule has 2 aromatic rings. The van der Waals surface area contributed by atoms with Crippen LogP contribution in [0.1, 0.15) is 0 Å². The van der Waals surface area contributed by atoms with Crippen LogP contribution in [-0.2, 0) is 10.0 Å². The second kappa shape index (κ2) is 6.31. The summed E-state index contributed by atoms with van der Waals surface area (Å²) in [4.78, 5) is 3.86. The minimum atomic E-state index is -3.80. The predicted octanol–water partition coefficient (Wildman–Crippen LogP) is 2.66. The standard InChI is InChI=1S/C13H13BrN2O4S/c1-19-11-7-12(20-2)13(6-10(11)14)21(17,18)16-9-4-3-5-15-8-9/h3-8,16H,1-2H3. The molecular weight excluding hydrogens is 360 g/mol. The smallest absolute Gasteiger partial charge is 0.265 e. The van der Waals surface area contributed by atoms with Crippen LogP contribution in [0.25, 0.3) is 0 Å². The normalized spacial score (nSPS) is 11.0. The maximum atomic E-state index is 12.5. The molecule has 0 radical (unpaired) electrons. The largest absolute Gasteiger partial charge is 0.495 e. The van der Waals surface area contributed by atoms with Gasteiger partial charge in [0.1, 0.15) is 16.4 Å². The van der Waals surface area contributed by atoms with Crippen molar-refractivity contribution < 1.29 is 17.9 Å². The summed E-state index contributed by atoms with van der Waals surface area (Å²) < 4.78 is 38.1. The third-order valence-corrected chi connectivity index (χ3v) is 4.66. The Hall–Kier alpha value is -1.80. The first-order chi connectivity index (χ1) is 9.97. The molecule has 0 aliphatic heterocycles. The molecule has 6 nitrogen and oxygen atoms in total. The Balaban J connectivity index is 2.47. The van der Waals surface area contributed by atoms with Gasteiger partial charge in [-0.3, -0.25) is 9.71 Å². The van der Waals surface area contributed by atoms with Gasteiger partial charge in [0.15, 0.2) is 0 Å². The summed E-state index contributed by atoms with van der Waals surface area (Å²) in [5.41, 5.74) is 0.367. The SMILES string of the molecule is COc1cc(OC)c(S(=O)(=O)Nc2cccnc2)cc1Br. The molecule has 1 aromatic heterocycles. The number of rotatable bonds is 5. The fourth-order valence-corrected chi connectivity index (χ4v) is 3.55. The van der Waals surface area contributed by atoms with Crippen molar-refractivity contribution in [1.29, 1.82) is 0 Å². The van der Waals surface area contributed by atoms with Gasteiger partial charge in [0.25, 0.3) is 10.0 Å². The van der Waals surface area contributed by atoms with E-state index in [1.165, 1.54) is 32.5 Å². The van der Waals surface area contributed by atoms with E-state index in [0.29, 0.717) is 15.9 Å². The van der Waals surface area contributed by atoms with Gasteiger partial charge in [0, 0.05) is 12.3 Å². The topological polar surface area (TPSA) is 77.5 Å². The predicted molar refractivity (Wildman–Crippen MR) is 82.3 cm³/mol. The Bertz CT molecular complexity index is 735. The molecule has 0 atom stereocenters. The molecule has 0 unspecified atom stereocenters. The second-order valence-corrected chi connectivity index (χ2v) is 6.49. The summed E-state index contributed by atoms with van der Waals surface area (Å²) in [6.45, 7) is 0. The number of ether oxygens (including phenoxy) is 2. The zero-order chi connectivity index (χ0) is 15.5. The highest BCUT2D eigenvalue weighted by Gasteiger charge is 2.22. The van der Waals surface area contributed by atoms with E-state index < -0.39 is 10.0 Å². The van der Waals surface area contributed by atoms with Crippen LogP contribution in [0.15, 0.2) is 46.0 Å². The number of pyridine rings is 1. The monoisotopic (exact) mass is 372 g/mol. The summed E-state index contributed by atoms with van der Waals surface area (Å²) >= 11 is 3.26. The van der Waals surface area contributed by atoms with Crippen molar-refractivity contribution in [2.45, 2.75) is 4.90 Å². The quantitative estimate of drug-likeness (QED) is 0.872. The Morgan fingerprint density at radius 2 is 1.90 bits per heavy atom. The molecule has 1 heterocycles. The second-order valence-electron chi connectivity index (χ2n) is 3.98. The minimum Gasteiger partial charge on any atom is -0.495 e. The van der Waals surface area contributed by atoms with Crippen molar-refractivity contribution >= 4 is 31.6 Å². The van der Waals surface area contributed by atoms with E-state index in [2.05, 4.69) is 25.6 Å². The van der Waals surface area contributed by atoms with Crippen molar-refractivity contribution in [2.75, 3.05) is 18.9 Å². The average Bonchev–Trinajstić information content (AvgIpc) is 2.47. The Morgan fingerprint density at radius 1 is 1.19 bits per heavy atom. The lowest BCUT2D eigenvalue weighted by Gasteiger charge is -2.13. The molecule has 112 valence electrons. The maximum Gasteiger partial charge on any atom is 0.265 e. The van der Waals surface area contributed by atoms with E-state index in [1.54, 1.807) is 18.3 Å². The van der Waals surface area contributed by atoms with Crippen LogP contribution in [0.2, 0.25) is 0 Å². The van der Waals surface area contributed by atoms with E-state index in [-0.39, 0.29) is 10.6 Å². The van der Waals surface area contributed by atoms with Gasteiger partial charge in [-0.05, 0) is 34.1 Å². The molecule has 0 aliphatic carbocycles. The number of nitrogens with zero attached hydrogens (tertiary/aromatic N) is 1. The number of hydrogen-bond donors (Lipinski definition) is 1. The lowest BCUT2D eigenvalue weighted by atomic mass is 10.3. The number of anilines is 1. The van der Waals surface area contributed by atoms with Gasteiger partial charge in [-0.1, -0.05) is 0 Å². The lowest BCUT2D eigenvalue weighted by Crippen LogP contribution is -2.14. The minimum absolute atomic E-state index is 0.00141. The van der Waals surface area contributed by atoms with Crippen LogP contribution in [0.4, 0.5) is 5.69 Å². The first-order valence-corrected chi connectivity index (χ1v) is 8.10. The van der Waals surface area contributed by atoms with Crippen molar-refractivity contribution in [3.8, 4) is 11.5 Å². The Kier molecular flexibility index (Phi) is 4.69. The molecule has 0 bridgehead atoms. The van der Waals surface area contributed by atoms with Crippen molar-refractivity contribution in [2.24, 2.45) is 0 Å². The molecule has 0 saturated heterocycles. The highest BCUT2D eigenvalue weighted by Crippen LogP contribution is 2.35.